The molecule has 1 rings (SSSR count). The molecule has 0 radical (unpaired) electrons. The smallest absolute Gasteiger partial charge is 0.236 e. The Labute approximate surface area is 67.3 Å². The Morgan fingerprint density at radius 2 is 2.36 bits per heavy atom. The Morgan fingerprint density at radius 3 is 2.73 bits per heavy atom. The highest BCUT2D eigenvalue weighted by molar-refractivity contribution is 5.80. The molecule has 0 spiro atoms. The molecular weight excluding hydrogens is 140 g/mol. The average Bonchev–Trinajstić information content (AvgIpc) is 2.61. The summed E-state index contributed by atoms with van der Waals surface area (Å²) < 4.78 is 0. The second kappa shape index (κ2) is 3.22. The first-order valence-corrected chi connectivity index (χ1v) is 4.14. The van der Waals surface area contributed by atoms with E-state index in [0.717, 1.165) is 12.5 Å². The van der Waals surface area contributed by atoms with Crippen molar-refractivity contribution in [2.24, 2.45) is 17.6 Å². The van der Waals surface area contributed by atoms with E-state index in [2.05, 4.69) is 12.2 Å². The molecule has 3 unspecified atom stereocenters. The van der Waals surface area contributed by atoms with Crippen LogP contribution in [0.4, 0.5) is 0 Å². The van der Waals surface area contributed by atoms with E-state index in [9.17, 15) is 4.79 Å². The zero-order valence-electron chi connectivity index (χ0n) is 7.13. The summed E-state index contributed by atoms with van der Waals surface area (Å²) in [5.74, 6) is 1.46. The van der Waals surface area contributed by atoms with Crippen molar-refractivity contribution >= 4 is 5.91 Å². The topological polar surface area (TPSA) is 55.1 Å². The second-order valence-electron chi connectivity index (χ2n) is 3.51. The van der Waals surface area contributed by atoms with Gasteiger partial charge in [0.2, 0.25) is 5.91 Å². The van der Waals surface area contributed by atoms with Gasteiger partial charge in [-0.2, -0.15) is 0 Å². The minimum atomic E-state index is -0.371. The molecular formula is C8H16N2O. The molecule has 1 fully saturated rings. The van der Waals surface area contributed by atoms with Crippen LogP contribution in [0.15, 0.2) is 0 Å². The maximum absolute atomic E-state index is 10.9. The van der Waals surface area contributed by atoms with Crippen molar-refractivity contribution in [2.75, 3.05) is 6.54 Å². The third-order valence-electron chi connectivity index (χ3n) is 2.23. The van der Waals surface area contributed by atoms with Crippen LogP contribution >= 0.6 is 0 Å². The van der Waals surface area contributed by atoms with Crippen LogP contribution in [-0.2, 0) is 4.79 Å². The summed E-state index contributed by atoms with van der Waals surface area (Å²) in [6, 6.07) is -0.371. The van der Waals surface area contributed by atoms with Gasteiger partial charge in [-0.1, -0.05) is 6.92 Å². The molecule has 11 heavy (non-hydrogen) atoms. The highest BCUT2D eigenvalue weighted by Gasteiger charge is 2.32. The van der Waals surface area contributed by atoms with Crippen LogP contribution in [0.25, 0.3) is 0 Å². The van der Waals surface area contributed by atoms with Crippen LogP contribution in [0, 0.1) is 11.8 Å². The highest BCUT2D eigenvalue weighted by Crippen LogP contribution is 2.36. The number of nitrogens with two attached hydrogens (primary N) is 1. The molecule has 3 atom stereocenters. The summed E-state index contributed by atoms with van der Waals surface area (Å²) >= 11 is 0. The van der Waals surface area contributed by atoms with Crippen molar-refractivity contribution in [3.63, 3.8) is 0 Å². The van der Waals surface area contributed by atoms with E-state index < -0.39 is 0 Å². The van der Waals surface area contributed by atoms with Gasteiger partial charge in [-0.25, -0.2) is 0 Å². The van der Waals surface area contributed by atoms with Crippen LogP contribution in [-0.4, -0.2) is 18.5 Å². The molecule has 1 aliphatic carbocycles. The number of hydrogen-bond donors (Lipinski definition) is 2. The summed E-state index contributed by atoms with van der Waals surface area (Å²) in [5, 5.41) is 2.81. The molecule has 0 saturated heterocycles. The van der Waals surface area contributed by atoms with Crippen molar-refractivity contribution < 1.29 is 4.79 Å². The van der Waals surface area contributed by atoms with Gasteiger partial charge in [0.1, 0.15) is 0 Å². The van der Waals surface area contributed by atoms with Crippen molar-refractivity contribution in [3.8, 4) is 0 Å². The standard InChI is InChI=1S/C8H16N2O/c1-5-3-7(5)4-10-8(11)6(2)9/h5-7H,3-4,9H2,1-2H3,(H,10,11). The van der Waals surface area contributed by atoms with Crippen LogP contribution in [0.2, 0.25) is 0 Å². The van der Waals surface area contributed by atoms with Gasteiger partial charge in [0, 0.05) is 6.54 Å². The minimum absolute atomic E-state index is 0.0379. The molecule has 3 N–H and O–H groups in total. The van der Waals surface area contributed by atoms with Crippen molar-refractivity contribution in [1.29, 1.82) is 0 Å². The van der Waals surface area contributed by atoms with Crippen molar-refractivity contribution in [2.45, 2.75) is 26.3 Å². The van der Waals surface area contributed by atoms with Crippen LogP contribution < -0.4 is 11.1 Å². The van der Waals surface area contributed by atoms with E-state index >= 15 is 0 Å². The molecule has 64 valence electrons. The Bertz CT molecular complexity index is 156. The highest BCUT2D eigenvalue weighted by atomic mass is 16.2. The van der Waals surface area contributed by atoms with E-state index in [-0.39, 0.29) is 11.9 Å². The van der Waals surface area contributed by atoms with E-state index in [4.69, 9.17) is 5.73 Å². The Hall–Kier alpha value is -0.570. The fourth-order valence-corrected chi connectivity index (χ4v) is 1.08. The number of amides is 1. The third-order valence-corrected chi connectivity index (χ3v) is 2.23. The summed E-state index contributed by atoms with van der Waals surface area (Å²) in [7, 11) is 0. The normalized spacial score (nSPS) is 31.2. The first-order chi connectivity index (χ1) is 5.11. The molecule has 0 bridgehead atoms. The fraction of sp³-hybridized carbons (Fsp3) is 0.875. The third kappa shape index (κ3) is 2.50. The van der Waals surface area contributed by atoms with Gasteiger partial charge in [0.25, 0.3) is 0 Å². The Morgan fingerprint density at radius 1 is 1.82 bits per heavy atom. The van der Waals surface area contributed by atoms with Crippen molar-refractivity contribution in [1.82, 2.24) is 5.32 Å². The summed E-state index contributed by atoms with van der Waals surface area (Å²) in [4.78, 5) is 10.9. The number of carbonyl (C=O) groups excluding carboxylic acids is 1. The van der Waals surface area contributed by atoms with Gasteiger partial charge in [-0.3, -0.25) is 4.79 Å². The van der Waals surface area contributed by atoms with E-state index in [1.807, 2.05) is 0 Å². The van der Waals surface area contributed by atoms with Gasteiger partial charge >= 0.3 is 0 Å². The predicted molar refractivity (Wildman–Crippen MR) is 43.9 cm³/mol. The van der Waals surface area contributed by atoms with Gasteiger partial charge in [0.15, 0.2) is 0 Å². The van der Waals surface area contributed by atoms with Crippen LogP contribution in [0.3, 0.4) is 0 Å². The lowest BCUT2D eigenvalue weighted by Gasteiger charge is -2.05. The molecule has 0 aromatic rings. The van der Waals surface area contributed by atoms with Crippen LogP contribution in [0.1, 0.15) is 20.3 Å². The number of carbonyl (C=O) groups is 1. The first kappa shape index (κ1) is 8.53. The summed E-state index contributed by atoms with van der Waals surface area (Å²) in [6.45, 7) is 4.70. The van der Waals surface area contributed by atoms with Gasteiger partial charge in [-0.05, 0) is 25.2 Å². The molecule has 1 aliphatic rings. The largest absolute Gasteiger partial charge is 0.354 e. The van der Waals surface area contributed by atoms with Gasteiger partial charge < -0.3 is 11.1 Å². The average molecular weight is 156 g/mol. The zero-order valence-corrected chi connectivity index (χ0v) is 7.13. The van der Waals surface area contributed by atoms with Gasteiger partial charge in [-0.15, -0.1) is 0 Å². The molecule has 3 heteroatoms. The zero-order chi connectivity index (χ0) is 8.43. The Balaban J connectivity index is 2.07. The number of rotatable bonds is 3. The number of hydrogen-bond acceptors (Lipinski definition) is 2. The van der Waals surface area contributed by atoms with E-state index in [1.165, 1.54) is 6.42 Å². The lowest BCUT2D eigenvalue weighted by molar-refractivity contribution is -0.122. The molecule has 0 aromatic carbocycles. The molecule has 0 aromatic heterocycles. The SMILES string of the molecule is CC(N)C(=O)NCC1CC1C. The van der Waals surface area contributed by atoms with Gasteiger partial charge in [0.05, 0.1) is 6.04 Å². The van der Waals surface area contributed by atoms with Crippen molar-refractivity contribution in [3.05, 3.63) is 0 Å². The summed E-state index contributed by atoms with van der Waals surface area (Å²) in [6.07, 6.45) is 1.25. The molecule has 3 nitrogen and oxygen atoms in total. The maximum atomic E-state index is 10.9. The first-order valence-electron chi connectivity index (χ1n) is 4.14. The monoisotopic (exact) mass is 156 g/mol. The Kier molecular flexibility index (Phi) is 2.49. The lowest BCUT2D eigenvalue weighted by atomic mass is 10.3. The maximum Gasteiger partial charge on any atom is 0.236 e. The van der Waals surface area contributed by atoms with Crippen LogP contribution in [0.5, 0.6) is 0 Å². The lowest BCUT2D eigenvalue weighted by Crippen LogP contribution is -2.39. The minimum Gasteiger partial charge on any atom is -0.354 e. The molecule has 1 amide bonds. The second-order valence-corrected chi connectivity index (χ2v) is 3.51. The molecule has 0 aliphatic heterocycles. The quantitative estimate of drug-likeness (QED) is 0.609. The fourth-order valence-electron chi connectivity index (χ4n) is 1.08. The number of nitrogens with one attached hydrogen (secondary N) is 1. The van der Waals surface area contributed by atoms with E-state index in [0.29, 0.717) is 5.92 Å². The molecule has 1 saturated carbocycles. The molecule has 0 heterocycles. The summed E-state index contributed by atoms with van der Waals surface area (Å²) in [5.41, 5.74) is 5.37. The predicted octanol–water partition coefficient (Wildman–Crippen LogP) is 0.106. The van der Waals surface area contributed by atoms with E-state index in [1.54, 1.807) is 6.92 Å².